The molecule has 0 spiro atoms. The molecule has 0 amide bonds. The molecular formula is C15H21NO2. The van der Waals surface area contributed by atoms with Gasteiger partial charge in [0.05, 0.1) is 6.61 Å². The fourth-order valence-electron chi connectivity index (χ4n) is 2.22. The van der Waals surface area contributed by atoms with Crippen LogP contribution in [0.4, 0.5) is 0 Å². The highest BCUT2D eigenvalue weighted by molar-refractivity contribution is 5.33. The maximum Gasteiger partial charge on any atom is 0.124 e. The molecule has 0 aromatic heterocycles. The molecule has 0 aliphatic heterocycles. The van der Waals surface area contributed by atoms with Crippen LogP contribution in [0, 0.1) is 0 Å². The molecule has 0 atom stereocenters. The lowest BCUT2D eigenvalue weighted by molar-refractivity contribution is 0.0869. The number of hydrogen-bond donors (Lipinski definition) is 2. The van der Waals surface area contributed by atoms with E-state index in [1.165, 1.54) is 6.42 Å². The summed E-state index contributed by atoms with van der Waals surface area (Å²) in [4.78, 5) is 0. The van der Waals surface area contributed by atoms with Crippen molar-refractivity contribution in [1.29, 1.82) is 0 Å². The third-order valence-electron chi connectivity index (χ3n) is 3.60. The smallest absolute Gasteiger partial charge is 0.124 e. The molecule has 2 N–H and O–H groups in total. The molecule has 0 radical (unpaired) electrons. The van der Waals surface area contributed by atoms with Crippen LogP contribution in [0.1, 0.15) is 24.8 Å². The Bertz CT molecular complexity index is 394. The summed E-state index contributed by atoms with van der Waals surface area (Å²) in [5.41, 5.74) is 1.06. The molecule has 18 heavy (non-hydrogen) atoms. The topological polar surface area (TPSA) is 41.5 Å². The third kappa shape index (κ3) is 2.92. The van der Waals surface area contributed by atoms with Gasteiger partial charge in [-0.2, -0.15) is 0 Å². The summed E-state index contributed by atoms with van der Waals surface area (Å²) < 4.78 is 5.62. The van der Waals surface area contributed by atoms with E-state index in [1.807, 2.05) is 18.2 Å². The Hall–Kier alpha value is -1.32. The van der Waals surface area contributed by atoms with E-state index in [2.05, 4.69) is 18.0 Å². The zero-order valence-electron chi connectivity index (χ0n) is 10.7. The first kappa shape index (κ1) is 13.1. The predicted molar refractivity (Wildman–Crippen MR) is 72.6 cm³/mol. The summed E-state index contributed by atoms with van der Waals surface area (Å²) in [5, 5.41) is 12.9. The molecule has 1 fully saturated rings. The van der Waals surface area contributed by atoms with Gasteiger partial charge in [0.1, 0.15) is 12.4 Å². The second-order valence-corrected chi connectivity index (χ2v) is 4.85. The minimum Gasteiger partial charge on any atom is -0.489 e. The summed E-state index contributed by atoms with van der Waals surface area (Å²) in [6, 6.07) is 7.99. The van der Waals surface area contributed by atoms with Crippen LogP contribution in [0.25, 0.3) is 0 Å². The molecule has 1 aliphatic rings. The van der Waals surface area contributed by atoms with Gasteiger partial charge in [0.25, 0.3) is 0 Å². The van der Waals surface area contributed by atoms with E-state index in [0.717, 1.165) is 30.7 Å². The number of rotatable bonds is 7. The molecule has 0 bridgehead atoms. The van der Waals surface area contributed by atoms with Crippen molar-refractivity contribution < 1.29 is 9.84 Å². The maximum absolute atomic E-state index is 9.42. The Kier molecular flexibility index (Phi) is 4.39. The van der Waals surface area contributed by atoms with Crippen molar-refractivity contribution in [3.8, 4) is 5.75 Å². The van der Waals surface area contributed by atoms with Crippen molar-refractivity contribution in [2.45, 2.75) is 31.3 Å². The quantitative estimate of drug-likeness (QED) is 0.726. The Morgan fingerprint density at radius 1 is 1.39 bits per heavy atom. The van der Waals surface area contributed by atoms with Crippen molar-refractivity contribution in [2.75, 3.05) is 13.2 Å². The molecule has 0 unspecified atom stereocenters. The first-order chi connectivity index (χ1) is 8.79. The number of hydrogen-bond acceptors (Lipinski definition) is 3. The normalized spacial score (nSPS) is 16.9. The van der Waals surface area contributed by atoms with Gasteiger partial charge in [0.2, 0.25) is 0 Å². The molecule has 0 saturated heterocycles. The van der Waals surface area contributed by atoms with E-state index >= 15 is 0 Å². The van der Waals surface area contributed by atoms with Crippen LogP contribution in [0.15, 0.2) is 36.9 Å². The van der Waals surface area contributed by atoms with Gasteiger partial charge >= 0.3 is 0 Å². The standard InChI is InChI=1S/C15H21NO2/c1-2-10-18-14-7-4-3-6-13(14)11-16-15(12-17)8-5-9-15/h2-4,6-7,16-17H,1,5,8-12H2. The minimum absolute atomic E-state index is 0.0639. The Morgan fingerprint density at radius 3 is 2.78 bits per heavy atom. The Labute approximate surface area is 108 Å². The van der Waals surface area contributed by atoms with Gasteiger partial charge in [0.15, 0.2) is 0 Å². The lowest BCUT2D eigenvalue weighted by Gasteiger charge is -2.41. The van der Waals surface area contributed by atoms with Gasteiger partial charge in [-0.05, 0) is 25.3 Å². The number of aliphatic hydroxyl groups excluding tert-OH is 1. The van der Waals surface area contributed by atoms with Gasteiger partial charge in [-0.1, -0.05) is 30.9 Å². The fraction of sp³-hybridized carbons (Fsp3) is 0.467. The molecule has 1 aromatic carbocycles. The van der Waals surface area contributed by atoms with E-state index in [4.69, 9.17) is 4.74 Å². The molecule has 0 heterocycles. The third-order valence-corrected chi connectivity index (χ3v) is 3.60. The van der Waals surface area contributed by atoms with Crippen molar-refractivity contribution in [2.24, 2.45) is 0 Å². The highest BCUT2D eigenvalue weighted by Crippen LogP contribution is 2.32. The molecule has 3 nitrogen and oxygen atoms in total. The SMILES string of the molecule is C=CCOc1ccccc1CNC1(CO)CCC1. The van der Waals surface area contributed by atoms with E-state index in [-0.39, 0.29) is 12.1 Å². The molecule has 3 heteroatoms. The molecular weight excluding hydrogens is 226 g/mol. The summed E-state index contributed by atoms with van der Waals surface area (Å²) >= 11 is 0. The summed E-state index contributed by atoms with van der Waals surface area (Å²) in [7, 11) is 0. The molecule has 98 valence electrons. The van der Waals surface area contributed by atoms with Gasteiger partial charge in [-0.3, -0.25) is 0 Å². The monoisotopic (exact) mass is 247 g/mol. The first-order valence-corrected chi connectivity index (χ1v) is 6.47. The zero-order valence-corrected chi connectivity index (χ0v) is 10.7. The molecule has 1 aromatic rings. The van der Waals surface area contributed by atoms with Crippen molar-refractivity contribution in [3.05, 3.63) is 42.5 Å². The van der Waals surface area contributed by atoms with E-state index in [1.54, 1.807) is 6.08 Å². The van der Waals surface area contributed by atoms with E-state index in [0.29, 0.717) is 6.61 Å². The van der Waals surface area contributed by atoms with Gasteiger partial charge in [-0.25, -0.2) is 0 Å². The molecule has 2 rings (SSSR count). The fourth-order valence-corrected chi connectivity index (χ4v) is 2.22. The minimum atomic E-state index is -0.0639. The second kappa shape index (κ2) is 6.03. The number of aliphatic hydroxyl groups is 1. The lowest BCUT2D eigenvalue weighted by atomic mass is 9.77. The van der Waals surface area contributed by atoms with Gasteiger partial charge < -0.3 is 15.2 Å². The number of ether oxygens (including phenoxy) is 1. The van der Waals surface area contributed by atoms with Crippen LogP contribution in [-0.4, -0.2) is 23.9 Å². The van der Waals surface area contributed by atoms with Gasteiger partial charge in [-0.15, -0.1) is 0 Å². The van der Waals surface area contributed by atoms with Crippen molar-refractivity contribution in [1.82, 2.24) is 5.32 Å². The Balaban J connectivity index is 1.97. The average Bonchev–Trinajstić information content (AvgIpc) is 2.37. The zero-order chi connectivity index (χ0) is 12.8. The van der Waals surface area contributed by atoms with Crippen LogP contribution in [0.3, 0.4) is 0 Å². The van der Waals surface area contributed by atoms with E-state index in [9.17, 15) is 5.11 Å². The molecule has 1 aliphatic carbocycles. The number of nitrogens with one attached hydrogen (secondary N) is 1. The first-order valence-electron chi connectivity index (χ1n) is 6.47. The number of para-hydroxylation sites is 1. The molecule has 1 saturated carbocycles. The van der Waals surface area contributed by atoms with Crippen LogP contribution < -0.4 is 10.1 Å². The predicted octanol–water partition coefficient (Wildman–Crippen LogP) is 2.26. The summed E-state index contributed by atoms with van der Waals surface area (Å²) in [6.07, 6.45) is 5.05. The van der Waals surface area contributed by atoms with Crippen LogP contribution in [0.5, 0.6) is 5.75 Å². The highest BCUT2D eigenvalue weighted by Gasteiger charge is 2.35. The average molecular weight is 247 g/mol. The highest BCUT2D eigenvalue weighted by atomic mass is 16.5. The summed E-state index contributed by atoms with van der Waals surface area (Å²) in [5.74, 6) is 0.886. The Morgan fingerprint density at radius 2 is 2.17 bits per heavy atom. The maximum atomic E-state index is 9.42. The van der Waals surface area contributed by atoms with E-state index < -0.39 is 0 Å². The summed E-state index contributed by atoms with van der Waals surface area (Å²) in [6.45, 7) is 5.11. The number of benzene rings is 1. The van der Waals surface area contributed by atoms with Crippen LogP contribution in [0.2, 0.25) is 0 Å². The lowest BCUT2D eigenvalue weighted by Crippen LogP contribution is -2.53. The van der Waals surface area contributed by atoms with Crippen LogP contribution in [-0.2, 0) is 6.54 Å². The van der Waals surface area contributed by atoms with Crippen molar-refractivity contribution in [3.63, 3.8) is 0 Å². The van der Waals surface area contributed by atoms with Crippen LogP contribution >= 0.6 is 0 Å². The second-order valence-electron chi connectivity index (χ2n) is 4.85. The largest absolute Gasteiger partial charge is 0.489 e. The van der Waals surface area contributed by atoms with Gasteiger partial charge in [0, 0.05) is 17.6 Å². The van der Waals surface area contributed by atoms with Crippen molar-refractivity contribution >= 4 is 0 Å².